The molecule has 0 spiro atoms. The van der Waals surface area contributed by atoms with Crippen LogP contribution in [0.1, 0.15) is 35.7 Å². The molecule has 4 N–H and O–H groups in total. The van der Waals surface area contributed by atoms with Gasteiger partial charge >= 0.3 is 0 Å². The Morgan fingerprint density at radius 1 is 1.03 bits per heavy atom. The summed E-state index contributed by atoms with van der Waals surface area (Å²) in [5, 5.41) is 11.0. The van der Waals surface area contributed by atoms with Crippen molar-refractivity contribution in [3.05, 3.63) is 29.3 Å². The maximum atomic E-state index is 12.8. The van der Waals surface area contributed by atoms with Gasteiger partial charge in [-0.15, -0.1) is 0 Å². The third kappa shape index (κ3) is 10.3. The second-order valence-electron chi connectivity index (χ2n) is 8.11. The Labute approximate surface area is 211 Å². The molecule has 4 amide bonds. The molecule has 0 saturated heterocycles. The molecule has 0 aromatic heterocycles. The lowest BCUT2D eigenvalue weighted by Gasteiger charge is -2.24. The van der Waals surface area contributed by atoms with Crippen molar-refractivity contribution < 1.29 is 33.4 Å². The van der Waals surface area contributed by atoms with Crippen LogP contribution in [0.3, 0.4) is 0 Å². The standard InChI is InChI=1S/C24H37N5O7/c1-19(5-6-23(32)27-17-31)29-15-21-20(24(29)33)3-2-4-22(21)28-18-36-14-13-35-12-11-34-10-9-25-7-8-26-16-30/h2-4,16-17,19,25,28H,5-15,18H2,1H3,(H,26,30)(H,27,31,32). The zero-order valence-corrected chi connectivity index (χ0v) is 20.8. The summed E-state index contributed by atoms with van der Waals surface area (Å²) in [4.78, 5) is 46.6. The van der Waals surface area contributed by atoms with Crippen LogP contribution >= 0.6 is 0 Å². The topological polar surface area (TPSA) is 147 Å². The predicted molar refractivity (Wildman–Crippen MR) is 132 cm³/mol. The lowest BCUT2D eigenvalue weighted by atomic mass is 10.1. The maximum Gasteiger partial charge on any atom is 0.254 e. The fraction of sp³-hybridized carbons (Fsp3) is 0.583. The molecular weight excluding hydrogens is 470 g/mol. The molecule has 1 aromatic rings. The van der Waals surface area contributed by atoms with Crippen LogP contribution in [-0.4, -0.2) is 95.0 Å². The third-order valence-electron chi connectivity index (χ3n) is 5.60. The number of fused-ring (bicyclic) bond motifs is 1. The van der Waals surface area contributed by atoms with Crippen LogP contribution in [0.25, 0.3) is 0 Å². The number of amides is 4. The van der Waals surface area contributed by atoms with E-state index in [-0.39, 0.29) is 31.0 Å². The van der Waals surface area contributed by atoms with E-state index in [0.29, 0.717) is 84.0 Å². The average Bonchev–Trinajstić information content (AvgIpc) is 3.22. The second kappa shape index (κ2) is 17.4. The van der Waals surface area contributed by atoms with E-state index in [1.807, 2.05) is 19.1 Å². The van der Waals surface area contributed by atoms with Crippen LogP contribution in [0.5, 0.6) is 0 Å². The Hall–Kier alpha value is -3.06. The Bertz CT molecular complexity index is 839. The average molecular weight is 508 g/mol. The summed E-state index contributed by atoms with van der Waals surface area (Å²) in [5.41, 5.74) is 2.37. The van der Waals surface area contributed by atoms with Gasteiger partial charge in [0.05, 0.1) is 33.0 Å². The van der Waals surface area contributed by atoms with Gasteiger partial charge in [-0.2, -0.15) is 0 Å². The summed E-state index contributed by atoms with van der Waals surface area (Å²) in [6.07, 6.45) is 1.68. The number of nitrogens with zero attached hydrogens (tertiary/aromatic N) is 1. The van der Waals surface area contributed by atoms with Crippen molar-refractivity contribution in [1.82, 2.24) is 20.9 Å². The van der Waals surface area contributed by atoms with Crippen molar-refractivity contribution in [2.24, 2.45) is 0 Å². The summed E-state index contributed by atoms with van der Waals surface area (Å²) < 4.78 is 16.5. The molecule has 0 saturated carbocycles. The summed E-state index contributed by atoms with van der Waals surface area (Å²) in [6, 6.07) is 5.38. The first-order valence-corrected chi connectivity index (χ1v) is 12.1. The molecule has 36 heavy (non-hydrogen) atoms. The molecule has 0 bridgehead atoms. The summed E-state index contributed by atoms with van der Waals surface area (Å²) in [5.74, 6) is -0.426. The van der Waals surface area contributed by atoms with E-state index >= 15 is 0 Å². The number of anilines is 1. The molecule has 0 aliphatic carbocycles. The highest BCUT2D eigenvalue weighted by atomic mass is 16.5. The number of hydrogen-bond acceptors (Lipinski definition) is 9. The van der Waals surface area contributed by atoms with Crippen molar-refractivity contribution >= 4 is 30.3 Å². The third-order valence-corrected chi connectivity index (χ3v) is 5.60. The molecule has 2 rings (SSSR count). The van der Waals surface area contributed by atoms with E-state index in [1.165, 1.54) is 0 Å². The Morgan fingerprint density at radius 2 is 1.78 bits per heavy atom. The van der Waals surface area contributed by atoms with Crippen molar-refractivity contribution in [1.29, 1.82) is 0 Å². The number of benzene rings is 1. The van der Waals surface area contributed by atoms with Gasteiger partial charge in [-0.05, 0) is 25.5 Å². The molecule has 1 aliphatic rings. The van der Waals surface area contributed by atoms with Crippen molar-refractivity contribution in [2.75, 3.05) is 64.7 Å². The van der Waals surface area contributed by atoms with Crippen LogP contribution in [-0.2, 0) is 35.1 Å². The zero-order chi connectivity index (χ0) is 26.0. The molecule has 12 nitrogen and oxygen atoms in total. The van der Waals surface area contributed by atoms with Gasteiger partial charge in [-0.3, -0.25) is 24.5 Å². The van der Waals surface area contributed by atoms with Crippen molar-refractivity contribution in [2.45, 2.75) is 32.4 Å². The molecular formula is C24H37N5O7. The number of nitrogens with one attached hydrogen (secondary N) is 4. The largest absolute Gasteiger partial charge is 0.378 e. The first-order chi connectivity index (χ1) is 17.6. The highest BCUT2D eigenvalue weighted by Gasteiger charge is 2.32. The lowest BCUT2D eigenvalue weighted by Crippen LogP contribution is -2.34. The van der Waals surface area contributed by atoms with Gasteiger partial charge in [0.2, 0.25) is 18.7 Å². The molecule has 12 heteroatoms. The molecule has 0 fully saturated rings. The van der Waals surface area contributed by atoms with Crippen LogP contribution in [0, 0.1) is 0 Å². The first kappa shape index (κ1) is 29.2. The van der Waals surface area contributed by atoms with Gasteiger partial charge in [0.1, 0.15) is 6.73 Å². The van der Waals surface area contributed by atoms with Crippen LogP contribution in [0.2, 0.25) is 0 Å². The predicted octanol–water partition coefficient (Wildman–Crippen LogP) is -0.161. The molecule has 1 heterocycles. The Morgan fingerprint density at radius 3 is 2.53 bits per heavy atom. The Balaban J connectivity index is 1.58. The number of carbonyl (C=O) groups is 4. The zero-order valence-electron chi connectivity index (χ0n) is 20.8. The van der Waals surface area contributed by atoms with E-state index < -0.39 is 0 Å². The molecule has 1 unspecified atom stereocenters. The van der Waals surface area contributed by atoms with Gasteiger partial charge in [0, 0.05) is 55.5 Å². The summed E-state index contributed by atoms with van der Waals surface area (Å²) >= 11 is 0. The maximum absolute atomic E-state index is 12.8. The van der Waals surface area contributed by atoms with Crippen LogP contribution < -0.4 is 21.3 Å². The second-order valence-corrected chi connectivity index (χ2v) is 8.11. The minimum atomic E-state index is -0.356. The Kier molecular flexibility index (Phi) is 14.1. The fourth-order valence-corrected chi connectivity index (χ4v) is 3.64. The van der Waals surface area contributed by atoms with Gasteiger partial charge in [0.15, 0.2) is 0 Å². The number of rotatable bonds is 21. The molecule has 1 atom stereocenters. The van der Waals surface area contributed by atoms with E-state index in [4.69, 9.17) is 14.2 Å². The van der Waals surface area contributed by atoms with E-state index in [2.05, 4.69) is 21.3 Å². The summed E-state index contributed by atoms with van der Waals surface area (Å²) in [6.45, 7) is 7.01. The molecule has 0 radical (unpaired) electrons. The van der Waals surface area contributed by atoms with Gasteiger partial charge < -0.3 is 35.1 Å². The van der Waals surface area contributed by atoms with E-state index in [1.54, 1.807) is 11.0 Å². The molecule has 1 aliphatic heterocycles. The lowest BCUT2D eigenvalue weighted by molar-refractivity contribution is -0.125. The quantitative estimate of drug-likeness (QED) is 0.101. The number of carbonyl (C=O) groups excluding carboxylic acids is 4. The SMILES string of the molecule is CC(CCC(=O)NC=O)N1Cc2c(NCOCCOCCOCCNCCNC=O)cccc2C1=O. The van der Waals surface area contributed by atoms with Crippen molar-refractivity contribution in [3.8, 4) is 0 Å². The van der Waals surface area contributed by atoms with Crippen molar-refractivity contribution in [3.63, 3.8) is 0 Å². The molecule has 200 valence electrons. The van der Waals surface area contributed by atoms with Gasteiger partial charge in [0.25, 0.3) is 5.91 Å². The fourth-order valence-electron chi connectivity index (χ4n) is 3.64. The number of ether oxygens (including phenoxy) is 3. The smallest absolute Gasteiger partial charge is 0.254 e. The monoisotopic (exact) mass is 507 g/mol. The number of hydrogen-bond donors (Lipinski definition) is 4. The van der Waals surface area contributed by atoms with E-state index in [9.17, 15) is 19.2 Å². The number of imide groups is 1. The first-order valence-electron chi connectivity index (χ1n) is 12.1. The van der Waals surface area contributed by atoms with Crippen LogP contribution in [0.4, 0.5) is 5.69 Å². The normalized spacial score (nSPS) is 13.2. The minimum absolute atomic E-state index is 0.0702. The highest BCUT2D eigenvalue weighted by molar-refractivity contribution is 6.00. The molecule has 1 aromatic carbocycles. The van der Waals surface area contributed by atoms with Gasteiger partial charge in [-0.1, -0.05) is 6.07 Å². The highest BCUT2D eigenvalue weighted by Crippen LogP contribution is 2.31. The summed E-state index contributed by atoms with van der Waals surface area (Å²) in [7, 11) is 0. The minimum Gasteiger partial charge on any atom is -0.378 e. The van der Waals surface area contributed by atoms with Gasteiger partial charge in [-0.25, -0.2) is 0 Å². The van der Waals surface area contributed by atoms with Crippen LogP contribution in [0.15, 0.2) is 18.2 Å². The van der Waals surface area contributed by atoms with E-state index in [0.717, 1.165) is 11.3 Å².